The van der Waals surface area contributed by atoms with Crippen molar-refractivity contribution in [2.75, 3.05) is 11.9 Å². The molecular formula is C22H22N2O5. The minimum absolute atomic E-state index is 0.237. The van der Waals surface area contributed by atoms with Crippen LogP contribution in [0.1, 0.15) is 51.8 Å². The minimum atomic E-state index is -0.988. The maximum absolute atomic E-state index is 12.6. The molecule has 2 aromatic carbocycles. The van der Waals surface area contributed by atoms with Gasteiger partial charge in [0.25, 0.3) is 11.8 Å². The van der Waals surface area contributed by atoms with E-state index in [9.17, 15) is 19.2 Å². The Balaban J connectivity index is 1.65. The van der Waals surface area contributed by atoms with Crippen LogP contribution in [0, 0.1) is 5.92 Å². The Labute approximate surface area is 168 Å². The van der Waals surface area contributed by atoms with E-state index in [0.29, 0.717) is 29.0 Å². The average Bonchev–Trinajstić information content (AvgIpc) is 2.96. The number of nitrogens with zero attached hydrogens (tertiary/aromatic N) is 1. The number of imide groups is 1. The normalized spacial score (nSPS) is 14.0. The predicted octanol–water partition coefficient (Wildman–Crippen LogP) is 3.12. The lowest BCUT2D eigenvalue weighted by molar-refractivity contribution is -0.119. The summed E-state index contributed by atoms with van der Waals surface area (Å²) in [6.45, 7) is 5.71. The lowest BCUT2D eigenvalue weighted by Crippen LogP contribution is -2.45. The zero-order valence-electron chi connectivity index (χ0n) is 16.5. The first-order chi connectivity index (χ1) is 13.8. The molecule has 0 spiro atoms. The van der Waals surface area contributed by atoms with Crippen LogP contribution in [-0.2, 0) is 9.53 Å². The lowest BCUT2D eigenvalue weighted by Gasteiger charge is -2.21. The average molecular weight is 394 g/mol. The number of ether oxygens (including phenoxy) is 1. The van der Waals surface area contributed by atoms with Gasteiger partial charge in [0.05, 0.1) is 23.3 Å². The maximum atomic E-state index is 12.6. The second kappa shape index (κ2) is 8.26. The zero-order chi connectivity index (χ0) is 21.1. The molecule has 1 aliphatic rings. The van der Waals surface area contributed by atoms with E-state index in [1.807, 2.05) is 13.8 Å². The van der Waals surface area contributed by atoms with Crippen LogP contribution >= 0.6 is 0 Å². The monoisotopic (exact) mass is 394 g/mol. The van der Waals surface area contributed by atoms with Crippen molar-refractivity contribution in [3.8, 4) is 0 Å². The van der Waals surface area contributed by atoms with Gasteiger partial charge >= 0.3 is 5.97 Å². The summed E-state index contributed by atoms with van der Waals surface area (Å²) in [5, 5.41) is 2.67. The maximum Gasteiger partial charge on any atom is 0.338 e. The van der Waals surface area contributed by atoms with Gasteiger partial charge in [-0.15, -0.1) is 0 Å². The molecule has 150 valence electrons. The van der Waals surface area contributed by atoms with Gasteiger partial charge in [0.1, 0.15) is 6.04 Å². The van der Waals surface area contributed by atoms with E-state index in [-0.39, 0.29) is 5.92 Å². The number of esters is 1. The molecule has 1 atom stereocenters. The number of carbonyl (C=O) groups excluding carboxylic acids is 4. The van der Waals surface area contributed by atoms with Gasteiger partial charge in [-0.1, -0.05) is 26.0 Å². The molecule has 0 radical (unpaired) electrons. The quantitative estimate of drug-likeness (QED) is 0.600. The lowest BCUT2D eigenvalue weighted by atomic mass is 10.1. The number of hydrogen-bond acceptors (Lipinski definition) is 5. The first kappa shape index (κ1) is 20.3. The molecule has 1 heterocycles. The number of anilines is 1. The zero-order valence-corrected chi connectivity index (χ0v) is 16.5. The van der Waals surface area contributed by atoms with Gasteiger partial charge < -0.3 is 10.1 Å². The number of carbonyl (C=O) groups is 4. The van der Waals surface area contributed by atoms with Crippen LogP contribution in [0.25, 0.3) is 0 Å². The third-order valence-corrected chi connectivity index (χ3v) is 4.53. The van der Waals surface area contributed by atoms with E-state index >= 15 is 0 Å². The Bertz CT molecular complexity index is 930. The summed E-state index contributed by atoms with van der Waals surface area (Å²) in [4.78, 5) is 50.5. The van der Waals surface area contributed by atoms with E-state index in [1.54, 1.807) is 48.5 Å². The van der Waals surface area contributed by atoms with Gasteiger partial charge in [0, 0.05) is 5.69 Å². The van der Waals surface area contributed by atoms with Crippen LogP contribution in [0.3, 0.4) is 0 Å². The van der Waals surface area contributed by atoms with Crippen LogP contribution < -0.4 is 5.32 Å². The Hall–Kier alpha value is -3.48. The minimum Gasteiger partial charge on any atom is -0.462 e. The largest absolute Gasteiger partial charge is 0.462 e. The molecule has 29 heavy (non-hydrogen) atoms. The summed E-state index contributed by atoms with van der Waals surface area (Å²) in [6.07, 6.45) is 0. The highest BCUT2D eigenvalue weighted by molar-refractivity contribution is 6.23. The number of rotatable bonds is 6. The number of hydrogen-bond donors (Lipinski definition) is 1. The Morgan fingerprint density at radius 1 is 0.931 bits per heavy atom. The van der Waals surface area contributed by atoms with Gasteiger partial charge in [-0.25, -0.2) is 4.79 Å². The van der Waals surface area contributed by atoms with Crippen molar-refractivity contribution in [2.24, 2.45) is 5.92 Å². The Kier molecular flexibility index (Phi) is 5.77. The summed E-state index contributed by atoms with van der Waals surface area (Å²) in [5.74, 6) is -1.68. The smallest absolute Gasteiger partial charge is 0.338 e. The Morgan fingerprint density at radius 3 is 2.00 bits per heavy atom. The molecule has 2 aromatic rings. The molecular weight excluding hydrogens is 372 g/mol. The first-order valence-electron chi connectivity index (χ1n) is 9.34. The summed E-state index contributed by atoms with van der Waals surface area (Å²) in [6, 6.07) is 11.7. The highest BCUT2D eigenvalue weighted by Crippen LogP contribution is 2.25. The van der Waals surface area contributed by atoms with Gasteiger partial charge in [-0.3, -0.25) is 19.3 Å². The van der Waals surface area contributed by atoms with E-state index < -0.39 is 29.7 Å². The standard InChI is InChI=1S/C22H22N2O5/c1-13(2)12-29-22(28)15-8-10-16(11-9-15)23-19(25)14(3)24-20(26)17-6-4-5-7-18(17)21(24)27/h4-11,13-14H,12H2,1-3H3,(H,23,25). The fraction of sp³-hybridized carbons (Fsp3) is 0.273. The molecule has 0 saturated carbocycles. The molecule has 0 fully saturated rings. The number of nitrogens with one attached hydrogen (secondary N) is 1. The van der Waals surface area contributed by atoms with Crippen LogP contribution in [0.15, 0.2) is 48.5 Å². The van der Waals surface area contributed by atoms with E-state index in [0.717, 1.165) is 4.90 Å². The topological polar surface area (TPSA) is 92.8 Å². The number of fused-ring (bicyclic) bond motifs is 1. The molecule has 1 N–H and O–H groups in total. The SMILES string of the molecule is CC(C)COC(=O)c1ccc(NC(=O)C(C)N2C(=O)c3ccccc3C2=O)cc1. The molecule has 0 aromatic heterocycles. The molecule has 7 nitrogen and oxygen atoms in total. The number of benzene rings is 2. The molecule has 7 heteroatoms. The van der Waals surface area contributed by atoms with Crippen LogP contribution in [0.5, 0.6) is 0 Å². The molecule has 0 saturated heterocycles. The Morgan fingerprint density at radius 2 is 1.48 bits per heavy atom. The van der Waals surface area contributed by atoms with Crippen LogP contribution in [0.2, 0.25) is 0 Å². The van der Waals surface area contributed by atoms with Crippen molar-refractivity contribution in [3.63, 3.8) is 0 Å². The summed E-state index contributed by atoms with van der Waals surface area (Å²) < 4.78 is 5.16. The van der Waals surface area contributed by atoms with Crippen molar-refractivity contribution in [1.29, 1.82) is 0 Å². The first-order valence-corrected chi connectivity index (χ1v) is 9.34. The highest BCUT2D eigenvalue weighted by Gasteiger charge is 2.40. The number of amides is 3. The third-order valence-electron chi connectivity index (χ3n) is 4.53. The second-order valence-electron chi connectivity index (χ2n) is 7.26. The van der Waals surface area contributed by atoms with E-state index in [1.165, 1.54) is 6.92 Å². The van der Waals surface area contributed by atoms with E-state index in [4.69, 9.17) is 4.74 Å². The summed E-state index contributed by atoms with van der Waals surface area (Å²) in [5.41, 5.74) is 1.40. The highest BCUT2D eigenvalue weighted by atomic mass is 16.5. The molecule has 1 aliphatic heterocycles. The second-order valence-corrected chi connectivity index (χ2v) is 7.26. The van der Waals surface area contributed by atoms with Gasteiger partial charge in [0.15, 0.2) is 0 Å². The van der Waals surface area contributed by atoms with Crippen LogP contribution in [-0.4, -0.2) is 41.2 Å². The van der Waals surface area contributed by atoms with E-state index in [2.05, 4.69) is 5.32 Å². The molecule has 0 bridgehead atoms. The fourth-order valence-corrected chi connectivity index (χ4v) is 2.94. The molecule has 1 unspecified atom stereocenters. The van der Waals surface area contributed by atoms with Crippen molar-refractivity contribution < 1.29 is 23.9 Å². The predicted molar refractivity (Wildman–Crippen MR) is 107 cm³/mol. The van der Waals surface area contributed by atoms with Gasteiger partial charge in [-0.2, -0.15) is 0 Å². The summed E-state index contributed by atoms with van der Waals surface area (Å²) in [7, 11) is 0. The van der Waals surface area contributed by atoms with Gasteiger partial charge in [0.2, 0.25) is 5.91 Å². The summed E-state index contributed by atoms with van der Waals surface area (Å²) >= 11 is 0. The third kappa shape index (κ3) is 4.18. The molecule has 0 aliphatic carbocycles. The molecule has 3 amide bonds. The van der Waals surface area contributed by atoms with Gasteiger partial charge in [-0.05, 0) is 49.2 Å². The molecule has 3 rings (SSSR count). The van der Waals surface area contributed by atoms with Crippen molar-refractivity contribution in [2.45, 2.75) is 26.8 Å². The van der Waals surface area contributed by atoms with Crippen molar-refractivity contribution in [1.82, 2.24) is 4.90 Å². The van der Waals surface area contributed by atoms with Crippen LogP contribution in [0.4, 0.5) is 5.69 Å². The van der Waals surface area contributed by atoms with Crippen molar-refractivity contribution in [3.05, 3.63) is 65.2 Å². The van der Waals surface area contributed by atoms with Crippen molar-refractivity contribution >= 4 is 29.4 Å². The fourth-order valence-electron chi connectivity index (χ4n) is 2.94.